The summed E-state index contributed by atoms with van der Waals surface area (Å²) in [6.07, 6.45) is 1.46. The topological polar surface area (TPSA) is 84.7 Å². The first-order valence-corrected chi connectivity index (χ1v) is 10.2. The number of hydrogen-bond donors (Lipinski definition) is 1. The molecule has 1 aromatic carbocycles. The molecule has 1 N–H and O–H groups in total. The third-order valence-corrected chi connectivity index (χ3v) is 6.00. The van der Waals surface area contributed by atoms with Crippen LogP contribution in [0.2, 0.25) is 0 Å². The monoisotopic (exact) mass is 397 g/mol. The molecule has 4 rings (SSSR count). The number of aromatic nitrogens is 2. The molecular weight excluding hydrogens is 370 g/mol. The van der Waals surface area contributed by atoms with Gasteiger partial charge in [-0.15, -0.1) is 0 Å². The number of hydrogen-bond acceptors (Lipinski definition) is 4. The Morgan fingerprint density at radius 3 is 2.72 bits per heavy atom. The number of amides is 1. The minimum absolute atomic E-state index is 0.0796. The van der Waals surface area contributed by atoms with Crippen LogP contribution in [-0.2, 0) is 16.0 Å². The van der Waals surface area contributed by atoms with Gasteiger partial charge < -0.3 is 14.7 Å². The molecule has 1 aromatic heterocycles. The van der Waals surface area contributed by atoms with Crippen molar-refractivity contribution in [2.75, 3.05) is 26.3 Å². The minimum atomic E-state index is -1.00. The van der Waals surface area contributed by atoms with Gasteiger partial charge in [0.2, 0.25) is 0 Å². The molecule has 0 unspecified atom stereocenters. The Bertz CT molecular complexity index is 908. The fourth-order valence-corrected chi connectivity index (χ4v) is 4.49. The highest BCUT2D eigenvalue weighted by atomic mass is 16.5. The van der Waals surface area contributed by atoms with Gasteiger partial charge >= 0.3 is 5.97 Å². The second kappa shape index (κ2) is 7.63. The lowest BCUT2D eigenvalue weighted by Crippen LogP contribution is -2.46. The molecule has 3 heterocycles. The third-order valence-electron chi connectivity index (χ3n) is 6.00. The molecule has 0 saturated carbocycles. The van der Waals surface area contributed by atoms with E-state index in [2.05, 4.69) is 18.9 Å². The molecule has 2 fully saturated rings. The molecule has 2 aromatic rings. The van der Waals surface area contributed by atoms with Gasteiger partial charge in [0.05, 0.1) is 12.3 Å². The maximum Gasteiger partial charge on any atom is 0.314 e. The molecule has 7 heteroatoms. The Balaban J connectivity index is 1.64. The lowest BCUT2D eigenvalue weighted by Gasteiger charge is -2.33. The molecule has 2 aliphatic heterocycles. The number of carboxylic acids is 1. The molecule has 0 spiro atoms. The Morgan fingerprint density at radius 2 is 2.07 bits per heavy atom. The number of ether oxygens (including phenoxy) is 1. The predicted molar refractivity (Wildman–Crippen MR) is 107 cm³/mol. The van der Waals surface area contributed by atoms with Gasteiger partial charge in [-0.3, -0.25) is 9.59 Å². The van der Waals surface area contributed by atoms with E-state index >= 15 is 0 Å². The predicted octanol–water partition coefficient (Wildman–Crippen LogP) is 2.63. The molecule has 154 valence electrons. The van der Waals surface area contributed by atoms with Gasteiger partial charge in [-0.05, 0) is 42.9 Å². The van der Waals surface area contributed by atoms with Gasteiger partial charge in [-0.25, -0.2) is 4.68 Å². The van der Waals surface area contributed by atoms with Crippen molar-refractivity contribution in [2.24, 2.45) is 17.3 Å². The maximum absolute atomic E-state index is 13.3. The SMILES string of the molecule is CC(C)Cc1cc(C(=O)N2C[C@@H]3CCOC[C@]3(C(=O)O)C2)nn1-c1ccccc1. The lowest BCUT2D eigenvalue weighted by atomic mass is 9.76. The molecule has 7 nitrogen and oxygen atoms in total. The van der Waals surface area contributed by atoms with Gasteiger partial charge in [0.25, 0.3) is 5.91 Å². The number of aliphatic carboxylic acids is 1. The van der Waals surface area contributed by atoms with Crippen molar-refractivity contribution < 1.29 is 19.4 Å². The van der Waals surface area contributed by atoms with E-state index in [0.717, 1.165) is 17.8 Å². The summed E-state index contributed by atoms with van der Waals surface area (Å²) in [5, 5.41) is 14.4. The Hall–Kier alpha value is -2.67. The van der Waals surface area contributed by atoms with Crippen LogP contribution in [0.4, 0.5) is 0 Å². The van der Waals surface area contributed by atoms with Crippen molar-refractivity contribution in [3.63, 3.8) is 0 Å². The van der Waals surface area contributed by atoms with Crippen LogP contribution >= 0.6 is 0 Å². The first-order valence-electron chi connectivity index (χ1n) is 10.2. The Kier molecular flexibility index (Phi) is 5.17. The van der Waals surface area contributed by atoms with Crippen LogP contribution in [0.15, 0.2) is 36.4 Å². The molecule has 0 aliphatic carbocycles. The molecule has 0 bridgehead atoms. The molecule has 2 atom stereocenters. The molecule has 2 saturated heterocycles. The van der Waals surface area contributed by atoms with E-state index in [1.807, 2.05) is 41.1 Å². The highest BCUT2D eigenvalue weighted by molar-refractivity contribution is 5.93. The zero-order valence-corrected chi connectivity index (χ0v) is 16.9. The van der Waals surface area contributed by atoms with Crippen LogP contribution in [0.3, 0.4) is 0 Å². The first-order chi connectivity index (χ1) is 13.9. The quantitative estimate of drug-likeness (QED) is 0.838. The fourth-order valence-electron chi connectivity index (χ4n) is 4.49. The molecule has 1 amide bonds. The summed E-state index contributed by atoms with van der Waals surface area (Å²) in [6.45, 7) is 5.57. The summed E-state index contributed by atoms with van der Waals surface area (Å²) < 4.78 is 7.29. The zero-order chi connectivity index (χ0) is 20.6. The van der Waals surface area contributed by atoms with E-state index in [4.69, 9.17) is 4.74 Å². The van der Waals surface area contributed by atoms with Crippen molar-refractivity contribution in [3.05, 3.63) is 47.8 Å². The minimum Gasteiger partial charge on any atom is -0.481 e. The molecule has 2 aliphatic rings. The van der Waals surface area contributed by atoms with E-state index in [1.54, 1.807) is 4.90 Å². The van der Waals surface area contributed by atoms with Crippen LogP contribution in [-0.4, -0.2) is 58.0 Å². The van der Waals surface area contributed by atoms with Crippen LogP contribution in [0.25, 0.3) is 5.69 Å². The average Bonchev–Trinajstić information content (AvgIpc) is 3.30. The summed E-state index contributed by atoms with van der Waals surface area (Å²) in [6, 6.07) is 11.6. The van der Waals surface area contributed by atoms with Crippen molar-refractivity contribution in [1.29, 1.82) is 0 Å². The van der Waals surface area contributed by atoms with Crippen molar-refractivity contribution in [1.82, 2.24) is 14.7 Å². The van der Waals surface area contributed by atoms with Crippen LogP contribution < -0.4 is 0 Å². The highest BCUT2D eigenvalue weighted by Gasteiger charge is 2.55. The number of benzene rings is 1. The Morgan fingerprint density at radius 1 is 1.31 bits per heavy atom. The summed E-state index contributed by atoms with van der Waals surface area (Å²) in [4.78, 5) is 26.9. The van der Waals surface area contributed by atoms with Gasteiger partial charge in [-0.1, -0.05) is 32.0 Å². The van der Waals surface area contributed by atoms with Gasteiger partial charge in [0.1, 0.15) is 5.41 Å². The standard InChI is InChI=1S/C22H27N3O4/c1-15(2)10-18-11-19(23-25(18)17-6-4-3-5-7-17)20(26)24-12-16-8-9-29-14-22(16,13-24)21(27)28/h3-7,11,15-16H,8-10,12-14H2,1-2H3,(H,27,28)/t16-,22+/m0/s1. The van der Waals surface area contributed by atoms with Crippen molar-refractivity contribution in [2.45, 2.75) is 26.7 Å². The second-order valence-electron chi connectivity index (χ2n) is 8.55. The normalized spacial score (nSPS) is 24.0. The van der Waals surface area contributed by atoms with E-state index in [1.165, 1.54) is 0 Å². The number of para-hydroxylation sites is 1. The van der Waals surface area contributed by atoms with E-state index in [9.17, 15) is 14.7 Å². The highest BCUT2D eigenvalue weighted by Crippen LogP contribution is 2.42. The molecule has 29 heavy (non-hydrogen) atoms. The summed E-state index contributed by atoms with van der Waals surface area (Å²) in [7, 11) is 0. The average molecular weight is 397 g/mol. The molecular formula is C22H27N3O4. The third kappa shape index (κ3) is 3.55. The number of carbonyl (C=O) groups excluding carboxylic acids is 1. The summed E-state index contributed by atoms with van der Waals surface area (Å²) in [5.74, 6) is -0.754. The van der Waals surface area contributed by atoms with E-state index < -0.39 is 11.4 Å². The molecule has 0 radical (unpaired) electrons. The second-order valence-corrected chi connectivity index (χ2v) is 8.55. The van der Waals surface area contributed by atoms with Crippen molar-refractivity contribution in [3.8, 4) is 5.69 Å². The lowest BCUT2D eigenvalue weighted by molar-refractivity contribution is -0.159. The number of rotatable bonds is 5. The van der Waals surface area contributed by atoms with E-state index in [0.29, 0.717) is 31.2 Å². The van der Waals surface area contributed by atoms with Gasteiger partial charge in [0.15, 0.2) is 5.69 Å². The van der Waals surface area contributed by atoms with Crippen LogP contribution in [0, 0.1) is 17.3 Å². The largest absolute Gasteiger partial charge is 0.481 e. The van der Waals surface area contributed by atoms with Crippen molar-refractivity contribution >= 4 is 11.9 Å². The fraction of sp³-hybridized carbons (Fsp3) is 0.500. The van der Waals surface area contributed by atoms with Gasteiger partial charge in [0, 0.05) is 25.4 Å². The maximum atomic E-state index is 13.3. The zero-order valence-electron chi connectivity index (χ0n) is 16.9. The Labute approximate surface area is 170 Å². The summed E-state index contributed by atoms with van der Waals surface area (Å²) in [5.41, 5.74) is 1.25. The smallest absolute Gasteiger partial charge is 0.314 e. The number of nitrogens with zero attached hydrogens (tertiary/aromatic N) is 3. The summed E-state index contributed by atoms with van der Waals surface area (Å²) >= 11 is 0. The number of carboxylic acid groups (broad SMARTS) is 1. The van der Waals surface area contributed by atoms with E-state index in [-0.39, 0.29) is 25.0 Å². The number of carbonyl (C=O) groups is 2. The first kappa shape index (κ1) is 19.6. The van der Waals surface area contributed by atoms with Gasteiger partial charge in [-0.2, -0.15) is 5.10 Å². The van der Waals surface area contributed by atoms with Crippen LogP contribution in [0.1, 0.15) is 36.5 Å². The number of likely N-dealkylation sites (tertiary alicyclic amines) is 1. The van der Waals surface area contributed by atoms with Crippen LogP contribution in [0.5, 0.6) is 0 Å². The number of fused-ring (bicyclic) bond motifs is 1.